The maximum absolute atomic E-state index is 12.6. The minimum absolute atomic E-state index is 0. The smallest absolute Gasteiger partial charge is 0.253 e. The molecule has 1 heterocycles. The van der Waals surface area contributed by atoms with Crippen molar-refractivity contribution in [1.29, 1.82) is 0 Å². The molecule has 5 heteroatoms. The second-order valence-electron chi connectivity index (χ2n) is 6.26. The van der Waals surface area contributed by atoms with E-state index in [0.717, 1.165) is 42.9 Å². The standard InChI is InChI=1S/C20H24N2O2.ClH/c1-21-13-17-11-12-22(14-17)20(23)18-7-9-19(10-8-18)24-15-16-5-3-2-4-6-16;/h2-10,17,21H,11-15H2,1H3;1H. The highest BCUT2D eigenvalue weighted by Crippen LogP contribution is 2.20. The molecule has 1 saturated heterocycles. The third kappa shape index (κ3) is 5.21. The fourth-order valence-electron chi connectivity index (χ4n) is 3.09. The van der Waals surface area contributed by atoms with E-state index in [0.29, 0.717) is 12.5 Å². The minimum Gasteiger partial charge on any atom is -0.489 e. The number of nitrogens with zero attached hydrogens (tertiary/aromatic N) is 1. The van der Waals surface area contributed by atoms with Gasteiger partial charge in [0.25, 0.3) is 5.91 Å². The number of carbonyl (C=O) groups excluding carboxylic acids is 1. The van der Waals surface area contributed by atoms with Crippen molar-refractivity contribution in [3.63, 3.8) is 0 Å². The zero-order valence-corrected chi connectivity index (χ0v) is 15.3. The van der Waals surface area contributed by atoms with Crippen molar-refractivity contribution in [3.05, 3.63) is 65.7 Å². The fraction of sp³-hybridized carbons (Fsp3) is 0.350. The number of ether oxygens (including phenoxy) is 1. The molecule has 1 fully saturated rings. The lowest BCUT2D eigenvalue weighted by molar-refractivity contribution is 0.0787. The molecule has 0 spiro atoms. The summed E-state index contributed by atoms with van der Waals surface area (Å²) in [7, 11) is 1.96. The van der Waals surface area contributed by atoms with Gasteiger partial charge in [-0.1, -0.05) is 30.3 Å². The summed E-state index contributed by atoms with van der Waals surface area (Å²) in [5.74, 6) is 1.46. The molecule has 4 nitrogen and oxygen atoms in total. The van der Waals surface area contributed by atoms with Crippen LogP contribution in [0.15, 0.2) is 54.6 Å². The zero-order valence-electron chi connectivity index (χ0n) is 14.5. The summed E-state index contributed by atoms with van der Waals surface area (Å²) < 4.78 is 5.77. The molecule has 2 aromatic rings. The predicted octanol–water partition coefficient (Wildman–Crippen LogP) is 3.37. The quantitative estimate of drug-likeness (QED) is 0.858. The van der Waals surface area contributed by atoms with Crippen LogP contribution in [0.5, 0.6) is 5.75 Å². The number of amides is 1. The number of hydrogen-bond donors (Lipinski definition) is 1. The number of carbonyl (C=O) groups is 1. The van der Waals surface area contributed by atoms with Crippen LogP contribution < -0.4 is 10.1 Å². The first-order chi connectivity index (χ1) is 11.8. The number of likely N-dealkylation sites (tertiary alicyclic amines) is 1. The Balaban J connectivity index is 0.00000225. The highest BCUT2D eigenvalue weighted by atomic mass is 35.5. The van der Waals surface area contributed by atoms with Crippen LogP contribution in [0.2, 0.25) is 0 Å². The van der Waals surface area contributed by atoms with E-state index in [1.165, 1.54) is 0 Å². The van der Waals surface area contributed by atoms with Gasteiger partial charge in [-0.2, -0.15) is 0 Å². The highest BCUT2D eigenvalue weighted by molar-refractivity contribution is 5.94. The van der Waals surface area contributed by atoms with Gasteiger partial charge in [0.2, 0.25) is 0 Å². The average molecular weight is 361 g/mol. The average Bonchev–Trinajstić information content (AvgIpc) is 3.10. The van der Waals surface area contributed by atoms with Crippen molar-refractivity contribution in [2.75, 3.05) is 26.7 Å². The second kappa shape index (κ2) is 9.44. The summed E-state index contributed by atoms with van der Waals surface area (Å²) in [6, 6.07) is 17.5. The van der Waals surface area contributed by atoms with Gasteiger partial charge in [0.05, 0.1) is 0 Å². The molecular weight excluding hydrogens is 336 g/mol. The van der Waals surface area contributed by atoms with Gasteiger partial charge in [-0.05, 0) is 55.8 Å². The van der Waals surface area contributed by atoms with Crippen LogP contribution in [0.1, 0.15) is 22.3 Å². The number of nitrogens with one attached hydrogen (secondary N) is 1. The maximum Gasteiger partial charge on any atom is 0.253 e. The van der Waals surface area contributed by atoms with E-state index in [-0.39, 0.29) is 18.3 Å². The Kier molecular flexibility index (Phi) is 7.29. The van der Waals surface area contributed by atoms with Crippen molar-refractivity contribution in [1.82, 2.24) is 10.2 Å². The number of benzene rings is 2. The largest absolute Gasteiger partial charge is 0.489 e. The summed E-state index contributed by atoms with van der Waals surface area (Å²) in [6.45, 7) is 3.19. The van der Waals surface area contributed by atoms with Crippen LogP contribution in [-0.2, 0) is 6.61 Å². The predicted molar refractivity (Wildman–Crippen MR) is 102 cm³/mol. The molecule has 3 rings (SSSR count). The Bertz CT molecular complexity index is 661. The van der Waals surface area contributed by atoms with Crippen LogP contribution in [0.25, 0.3) is 0 Å². The molecule has 0 radical (unpaired) electrons. The number of halogens is 1. The van der Waals surface area contributed by atoms with Crippen LogP contribution >= 0.6 is 12.4 Å². The van der Waals surface area contributed by atoms with Crippen molar-refractivity contribution < 1.29 is 9.53 Å². The van der Waals surface area contributed by atoms with Gasteiger partial charge in [-0.3, -0.25) is 4.79 Å². The van der Waals surface area contributed by atoms with Crippen LogP contribution in [-0.4, -0.2) is 37.5 Å². The summed E-state index contributed by atoms with van der Waals surface area (Å²) >= 11 is 0. The Morgan fingerprint density at radius 3 is 2.56 bits per heavy atom. The highest BCUT2D eigenvalue weighted by Gasteiger charge is 2.26. The molecule has 1 atom stereocenters. The lowest BCUT2D eigenvalue weighted by Gasteiger charge is -2.17. The number of hydrogen-bond acceptors (Lipinski definition) is 3. The minimum atomic E-state index is 0. The topological polar surface area (TPSA) is 41.6 Å². The maximum atomic E-state index is 12.6. The molecule has 0 bridgehead atoms. The van der Waals surface area contributed by atoms with Gasteiger partial charge < -0.3 is 15.0 Å². The Hall–Kier alpha value is -2.04. The van der Waals surface area contributed by atoms with Crippen molar-refractivity contribution >= 4 is 18.3 Å². The molecule has 0 aromatic heterocycles. The van der Waals surface area contributed by atoms with E-state index in [4.69, 9.17) is 4.74 Å². The molecule has 2 aromatic carbocycles. The molecule has 1 unspecified atom stereocenters. The van der Waals surface area contributed by atoms with Crippen molar-refractivity contribution in [3.8, 4) is 5.75 Å². The van der Waals surface area contributed by atoms with Crippen molar-refractivity contribution in [2.45, 2.75) is 13.0 Å². The van der Waals surface area contributed by atoms with E-state index in [1.54, 1.807) is 0 Å². The Labute approximate surface area is 155 Å². The summed E-state index contributed by atoms with van der Waals surface area (Å²) in [4.78, 5) is 14.5. The van der Waals surface area contributed by atoms with Gasteiger partial charge in [-0.25, -0.2) is 0 Å². The molecule has 0 aliphatic carbocycles. The van der Waals surface area contributed by atoms with E-state index in [1.807, 2.05) is 66.5 Å². The molecule has 1 aliphatic heterocycles. The normalized spacial score (nSPS) is 16.4. The molecular formula is C20H25ClN2O2. The van der Waals surface area contributed by atoms with Gasteiger partial charge in [-0.15, -0.1) is 12.4 Å². The second-order valence-corrected chi connectivity index (χ2v) is 6.26. The Morgan fingerprint density at radius 1 is 1.16 bits per heavy atom. The molecule has 0 saturated carbocycles. The van der Waals surface area contributed by atoms with Gasteiger partial charge in [0.1, 0.15) is 12.4 Å². The first-order valence-electron chi connectivity index (χ1n) is 8.47. The SMILES string of the molecule is CNCC1CCN(C(=O)c2ccc(OCc3ccccc3)cc2)C1.Cl. The van der Waals surface area contributed by atoms with Crippen LogP contribution in [0.4, 0.5) is 0 Å². The summed E-state index contributed by atoms with van der Waals surface area (Å²) in [5, 5.41) is 3.19. The third-order valence-electron chi connectivity index (χ3n) is 4.42. The van der Waals surface area contributed by atoms with Gasteiger partial charge in [0.15, 0.2) is 0 Å². The zero-order chi connectivity index (χ0) is 16.8. The first-order valence-corrected chi connectivity index (χ1v) is 8.47. The Morgan fingerprint density at radius 2 is 1.88 bits per heavy atom. The molecule has 1 amide bonds. The molecule has 25 heavy (non-hydrogen) atoms. The van der Waals surface area contributed by atoms with Crippen LogP contribution in [0, 0.1) is 5.92 Å². The van der Waals surface area contributed by atoms with Gasteiger partial charge >= 0.3 is 0 Å². The molecule has 1 N–H and O–H groups in total. The third-order valence-corrected chi connectivity index (χ3v) is 4.42. The van der Waals surface area contributed by atoms with E-state index in [2.05, 4.69) is 5.32 Å². The van der Waals surface area contributed by atoms with E-state index in [9.17, 15) is 4.79 Å². The fourth-order valence-corrected chi connectivity index (χ4v) is 3.09. The molecule has 1 aliphatic rings. The summed E-state index contributed by atoms with van der Waals surface area (Å²) in [5.41, 5.74) is 1.86. The van der Waals surface area contributed by atoms with Gasteiger partial charge in [0, 0.05) is 18.7 Å². The van der Waals surface area contributed by atoms with Crippen LogP contribution in [0.3, 0.4) is 0 Å². The van der Waals surface area contributed by atoms with Crippen molar-refractivity contribution in [2.24, 2.45) is 5.92 Å². The monoisotopic (exact) mass is 360 g/mol. The first kappa shape index (κ1) is 19.3. The lowest BCUT2D eigenvalue weighted by Crippen LogP contribution is -2.30. The summed E-state index contributed by atoms with van der Waals surface area (Å²) in [6.07, 6.45) is 1.07. The van der Waals surface area contributed by atoms with E-state index >= 15 is 0 Å². The van der Waals surface area contributed by atoms with E-state index < -0.39 is 0 Å². The number of rotatable bonds is 6. The molecule has 134 valence electrons. The lowest BCUT2D eigenvalue weighted by atomic mass is 10.1.